The number of carbonyl (C=O) groups excluding carboxylic acids is 2. The van der Waals surface area contributed by atoms with Crippen molar-refractivity contribution in [1.29, 1.82) is 0 Å². The van der Waals surface area contributed by atoms with Crippen LogP contribution in [0.4, 0.5) is 4.79 Å². The summed E-state index contributed by atoms with van der Waals surface area (Å²) in [5, 5.41) is 3.35. The summed E-state index contributed by atoms with van der Waals surface area (Å²) in [6, 6.07) is 4.78. The average molecular weight is 340 g/mol. The number of nitrogens with one attached hydrogen (secondary N) is 1. The Morgan fingerprint density at radius 3 is 2.74 bits per heavy atom. The molecule has 0 fully saturated rings. The first-order valence-electron chi connectivity index (χ1n) is 7.52. The van der Waals surface area contributed by atoms with Crippen molar-refractivity contribution in [2.45, 2.75) is 38.8 Å². The van der Waals surface area contributed by atoms with E-state index in [1.54, 1.807) is 39.0 Å². The summed E-state index contributed by atoms with van der Waals surface area (Å²) in [5.74, 6) is -0.384. The number of carbonyl (C=O) groups is 2. The van der Waals surface area contributed by atoms with E-state index in [4.69, 9.17) is 21.1 Å². The fourth-order valence-electron chi connectivity index (χ4n) is 2.72. The molecule has 126 valence electrons. The quantitative estimate of drug-likeness (QED) is 0.914. The Hall–Kier alpha value is -1.59. The molecule has 0 radical (unpaired) electrons. The van der Waals surface area contributed by atoms with Crippen LogP contribution in [0.2, 0.25) is 5.02 Å². The highest BCUT2D eigenvalue weighted by Gasteiger charge is 2.37. The van der Waals surface area contributed by atoms with Crippen LogP contribution in [0.3, 0.4) is 0 Å². The normalized spacial score (nSPS) is 18.5. The van der Waals surface area contributed by atoms with Crippen LogP contribution in [0.1, 0.15) is 36.7 Å². The van der Waals surface area contributed by atoms with E-state index in [2.05, 4.69) is 5.32 Å². The Bertz CT molecular complexity index is 609. The summed E-state index contributed by atoms with van der Waals surface area (Å²) in [6.07, 6.45) is -0.0280. The highest BCUT2D eigenvalue weighted by molar-refractivity contribution is 6.30. The number of hydrogen-bond acceptors (Lipinski definition) is 4. The van der Waals surface area contributed by atoms with Crippen LogP contribution in [0.5, 0.6) is 0 Å². The van der Waals surface area contributed by atoms with Gasteiger partial charge in [-0.15, -0.1) is 0 Å². The number of benzene rings is 1. The van der Waals surface area contributed by atoms with E-state index in [0.717, 1.165) is 5.56 Å². The molecular formula is C17H22ClNO4. The minimum Gasteiger partial charge on any atom is -0.444 e. The molecule has 0 heterocycles. The van der Waals surface area contributed by atoms with E-state index >= 15 is 0 Å². The van der Waals surface area contributed by atoms with Gasteiger partial charge in [-0.05, 0) is 51.0 Å². The summed E-state index contributed by atoms with van der Waals surface area (Å²) < 4.78 is 10.4. The lowest BCUT2D eigenvalue weighted by Gasteiger charge is -2.26. The highest BCUT2D eigenvalue weighted by Crippen LogP contribution is 2.31. The Kier molecular flexibility index (Phi) is 5.32. The molecule has 2 atom stereocenters. The van der Waals surface area contributed by atoms with E-state index < -0.39 is 17.7 Å². The van der Waals surface area contributed by atoms with E-state index in [0.29, 0.717) is 17.0 Å². The lowest BCUT2D eigenvalue weighted by Crippen LogP contribution is -2.47. The number of halogens is 1. The Morgan fingerprint density at radius 1 is 1.43 bits per heavy atom. The minimum absolute atomic E-state index is 0.00484. The van der Waals surface area contributed by atoms with Crippen molar-refractivity contribution in [3.63, 3.8) is 0 Å². The zero-order chi connectivity index (χ0) is 17.2. The van der Waals surface area contributed by atoms with Crippen LogP contribution in [0, 0.1) is 5.92 Å². The molecule has 5 nitrogen and oxygen atoms in total. The van der Waals surface area contributed by atoms with Crippen molar-refractivity contribution < 1.29 is 19.1 Å². The maximum Gasteiger partial charge on any atom is 0.407 e. The maximum atomic E-state index is 12.6. The first-order valence-corrected chi connectivity index (χ1v) is 7.90. The van der Waals surface area contributed by atoms with Crippen molar-refractivity contribution >= 4 is 23.5 Å². The molecule has 0 aliphatic heterocycles. The summed E-state index contributed by atoms with van der Waals surface area (Å²) in [6.45, 7) is 5.60. The van der Waals surface area contributed by atoms with Crippen LogP contribution in [-0.4, -0.2) is 37.2 Å². The van der Waals surface area contributed by atoms with Gasteiger partial charge < -0.3 is 14.8 Å². The topological polar surface area (TPSA) is 64.6 Å². The number of rotatable bonds is 4. The summed E-state index contributed by atoms with van der Waals surface area (Å²) in [7, 11) is 1.53. The lowest BCUT2D eigenvalue weighted by atomic mass is 9.96. The number of amides is 1. The largest absolute Gasteiger partial charge is 0.444 e. The SMILES string of the molecule is COCC(NC(=O)OC(C)(C)C)C1Cc2cc(Cl)ccc2C1=O. The van der Waals surface area contributed by atoms with Gasteiger partial charge >= 0.3 is 6.09 Å². The van der Waals surface area contributed by atoms with E-state index in [1.807, 2.05) is 0 Å². The number of ether oxygens (including phenoxy) is 2. The molecule has 6 heteroatoms. The van der Waals surface area contributed by atoms with Crippen LogP contribution in [0.15, 0.2) is 18.2 Å². The van der Waals surface area contributed by atoms with Gasteiger partial charge in [-0.25, -0.2) is 4.79 Å². The van der Waals surface area contributed by atoms with Gasteiger partial charge in [0.15, 0.2) is 5.78 Å². The van der Waals surface area contributed by atoms with Gasteiger partial charge in [0.1, 0.15) is 5.60 Å². The predicted molar refractivity (Wildman–Crippen MR) is 88.0 cm³/mol. The fourth-order valence-corrected chi connectivity index (χ4v) is 2.92. The minimum atomic E-state index is -0.599. The molecule has 0 spiro atoms. The average Bonchev–Trinajstić information content (AvgIpc) is 2.72. The summed E-state index contributed by atoms with van der Waals surface area (Å²) in [5.41, 5.74) is 0.962. The number of fused-ring (bicyclic) bond motifs is 1. The van der Waals surface area contributed by atoms with Crippen LogP contribution >= 0.6 is 11.6 Å². The zero-order valence-corrected chi connectivity index (χ0v) is 14.6. The van der Waals surface area contributed by atoms with E-state index in [-0.39, 0.29) is 18.3 Å². The molecule has 23 heavy (non-hydrogen) atoms. The summed E-state index contributed by atoms with van der Waals surface area (Å²) in [4.78, 5) is 24.6. The van der Waals surface area contributed by atoms with Crippen LogP contribution in [-0.2, 0) is 15.9 Å². The second-order valence-electron chi connectivity index (χ2n) is 6.68. The number of hydrogen-bond donors (Lipinski definition) is 1. The molecule has 0 aromatic heterocycles. The van der Waals surface area contributed by atoms with Crippen LogP contribution in [0.25, 0.3) is 0 Å². The molecule has 0 saturated carbocycles. The molecule has 2 unspecified atom stereocenters. The van der Waals surface area contributed by atoms with Gasteiger partial charge in [0.05, 0.1) is 12.6 Å². The van der Waals surface area contributed by atoms with Crippen molar-refractivity contribution in [1.82, 2.24) is 5.32 Å². The summed E-state index contributed by atoms with van der Waals surface area (Å²) >= 11 is 5.99. The molecule has 1 amide bonds. The Morgan fingerprint density at radius 2 is 2.13 bits per heavy atom. The molecule has 1 aromatic rings. The number of alkyl carbamates (subject to hydrolysis) is 1. The van der Waals surface area contributed by atoms with Crippen molar-refractivity contribution in [3.05, 3.63) is 34.3 Å². The molecule has 1 N–H and O–H groups in total. The van der Waals surface area contributed by atoms with Crippen molar-refractivity contribution in [3.8, 4) is 0 Å². The Balaban J connectivity index is 2.13. The predicted octanol–water partition coefficient (Wildman–Crippen LogP) is 3.23. The third-order valence-electron chi connectivity index (χ3n) is 3.64. The Labute approximate surface area is 141 Å². The van der Waals surface area contributed by atoms with Crippen LogP contribution < -0.4 is 5.32 Å². The fraction of sp³-hybridized carbons (Fsp3) is 0.529. The number of ketones is 1. The second-order valence-corrected chi connectivity index (χ2v) is 7.12. The third-order valence-corrected chi connectivity index (χ3v) is 3.88. The standard InChI is InChI=1S/C17H22ClNO4/c1-17(2,3)23-16(21)19-14(9-22-4)13-8-10-7-11(18)5-6-12(10)15(13)20/h5-7,13-14H,8-9H2,1-4H3,(H,19,21). The van der Waals surface area contributed by atoms with E-state index in [1.165, 1.54) is 7.11 Å². The number of methoxy groups -OCH3 is 1. The smallest absolute Gasteiger partial charge is 0.407 e. The zero-order valence-electron chi connectivity index (χ0n) is 13.8. The van der Waals surface area contributed by atoms with Gasteiger partial charge in [-0.3, -0.25) is 4.79 Å². The molecule has 0 bridgehead atoms. The molecule has 2 rings (SSSR count). The lowest BCUT2D eigenvalue weighted by molar-refractivity contribution is 0.0432. The first kappa shape index (κ1) is 17.8. The van der Waals surface area contributed by atoms with Gasteiger partial charge in [0, 0.05) is 23.6 Å². The monoisotopic (exact) mass is 339 g/mol. The van der Waals surface area contributed by atoms with Crippen molar-refractivity contribution in [2.24, 2.45) is 5.92 Å². The van der Waals surface area contributed by atoms with E-state index in [9.17, 15) is 9.59 Å². The van der Waals surface area contributed by atoms with Gasteiger partial charge in [-0.1, -0.05) is 11.6 Å². The molecule has 0 saturated heterocycles. The van der Waals surface area contributed by atoms with Crippen molar-refractivity contribution in [2.75, 3.05) is 13.7 Å². The molecular weight excluding hydrogens is 318 g/mol. The third kappa shape index (κ3) is 4.45. The highest BCUT2D eigenvalue weighted by atomic mass is 35.5. The second kappa shape index (κ2) is 6.89. The van der Waals surface area contributed by atoms with Gasteiger partial charge in [0.25, 0.3) is 0 Å². The van der Waals surface area contributed by atoms with Gasteiger partial charge in [0.2, 0.25) is 0 Å². The molecule has 1 aliphatic carbocycles. The molecule has 1 aromatic carbocycles. The molecule has 1 aliphatic rings. The van der Waals surface area contributed by atoms with Gasteiger partial charge in [-0.2, -0.15) is 0 Å². The maximum absolute atomic E-state index is 12.6. The number of Topliss-reactive ketones (excluding diaryl/α,β-unsaturated/α-hetero) is 1. The first-order chi connectivity index (χ1) is 10.7.